The van der Waals surface area contributed by atoms with Gasteiger partial charge < -0.3 is 19.9 Å². The molecule has 1 aliphatic rings. The highest BCUT2D eigenvalue weighted by atomic mass is 16.5. The predicted octanol–water partition coefficient (Wildman–Crippen LogP) is 1.50. The molecule has 0 saturated heterocycles. The molecule has 130 valence electrons. The van der Waals surface area contributed by atoms with Crippen LogP contribution in [0.1, 0.15) is 31.8 Å². The van der Waals surface area contributed by atoms with Gasteiger partial charge in [-0.15, -0.1) is 0 Å². The van der Waals surface area contributed by atoms with Crippen molar-refractivity contribution in [3.63, 3.8) is 0 Å². The van der Waals surface area contributed by atoms with Crippen molar-refractivity contribution in [1.82, 2.24) is 5.32 Å². The molecular formula is C19H19NO5. The standard InChI is InChI=1S/C19H19NO5/c1-20-17(22)14-8-12(18(23)24-2)9-15-16(14)25-11-19(15,10-21)13-6-4-3-5-7-13/h3-9,21H,10-11H2,1-2H3,(H,20,22)/t19-/m1/s1. The van der Waals surface area contributed by atoms with E-state index < -0.39 is 11.4 Å². The molecule has 2 aromatic carbocycles. The lowest BCUT2D eigenvalue weighted by Crippen LogP contribution is -2.34. The highest BCUT2D eigenvalue weighted by Gasteiger charge is 2.44. The van der Waals surface area contributed by atoms with Crippen LogP contribution >= 0.6 is 0 Å². The van der Waals surface area contributed by atoms with Crippen LogP contribution in [0, 0.1) is 0 Å². The Kier molecular flexibility index (Phi) is 4.46. The molecule has 0 fully saturated rings. The summed E-state index contributed by atoms with van der Waals surface area (Å²) in [6.45, 7) is -0.0424. The van der Waals surface area contributed by atoms with Gasteiger partial charge in [-0.2, -0.15) is 0 Å². The van der Waals surface area contributed by atoms with Crippen LogP contribution in [-0.2, 0) is 10.2 Å². The molecule has 2 aromatic rings. The SMILES string of the molecule is CNC(=O)c1cc(C(=O)OC)cc2c1OC[C@]2(CO)c1ccccc1. The Bertz CT molecular complexity index is 818. The molecule has 0 radical (unpaired) electrons. The second-order valence-electron chi connectivity index (χ2n) is 5.87. The quantitative estimate of drug-likeness (QED) is 0.824. The van der Waals surface area contributed by atoms with Crippen molar-refractivity contribution >= 4 is 11.9 Å². The fourth-order valence-corrected chi connectivity index (χ4v) is 3.17. The normalized spacial score (nSPS) is 18.2. The molecular weight excluding hydrogens is 322 g/mol. The zero-order valence-electron chi connectivity index (χ0n) is 14.0. The zero-order valence-corrected chi connectivity index (χ0v) is 14.0. The van der Waals surface area contributed by atoms with Gasteiger partial charge in [-0.25, -0.2) is 4.79 Å². The summed E-state index contributed by atoms with van der Waals surface area (Å²) in [4.78, 5) is 24.3. The summed E-state index contributed by atoms with van der Waals surface area (Å²) in [5.41, 5.74) is 1.08. The number of carbonyl (C=O) groups is 2. The summed E-state index contributed by atoms with van der Waals surface area (Å²) in [6, 6.07) is 12.5. The number of hydrogen-bond acceptors (Lipinski definition) is 5. The van der Waals surface area contributed by atoms with Gasteiger partial charge in [0.05, 0.1) is 30.3 Å². The summed E-state index contributed by atoms with van der Waals surface area (Å²) in [6.07, 6.45) is 0. The number of aliphatic hydroxyl groups excluding tert-OH is 1. The Morgan fingerprint density at radius 2 is 2.00 bits per heavy atom. The van der Waals surface area contributed by atoms with Crippen LogP contribution < -0.4 is 10.1 Å². The largest absolute Gasteiger partial charge is 0.491 e. The van der Waals surface area contributed by atoms with Crippen molar-refractivity contribution in [1.29, 1.82) is 0 Å². The number of aliphatic hydroxyl groups is 1. The van der Waals surface area contributed by atoms with Gasteiger partial charge in [-0.1, -0.05) is 30.3 Å². The Morgan fingerprint density at radius 3 is 2.60 bits per heavy atom. The summed E-state index contributed by atoms with van der Waals surface area (Å²) in [5.74, 6) is -0.548. The summed E-state index contributed by atoms with van der Waals surface area (Å²) >= 11 is 0. The monoisotopic (exact) mass is 341 g/mol. The first kappa shape index (κ1) is 17.0. The van der Waals surface area contributed by atoms with E-state index in [0.717, 1.165) is 5.56 Å². The van der Waals surface area contributed by atoms with Crippen LogP contribution in [0.15, 0.2) is 42.5 Å². The van der Waals surface area contributed by atoms with E-state index in [9.17, 15) is 14.7 Å². The van der Waals surface area contributed by atoms with E-state index in [-0.39, 0.29) is 30.2 Å². The molecule has 0 saturated carbocycles. The highest BCUT2D eigenvalue weighted by Crippen LogP contribution is 2.45. The van der Waals surface area contributed by atoms with Crippen molar-refractivity contribution in [2.45, 2.75) is 5.41 Å². The Hall–Kier alpha value is -2.86. The number of esters is 1. The van der Waals surface area contributed by atoms with Crippen molar-refractivity contribution in [2.75, 3.05) is 27.4 Å². The Morgan fingerprint density at radius 1 is 1.28 bits per heavy atom. The first-order chi connectivity index (χ1) is 12.1. The number of carbonyl (C=O) groups excluding carboxylic acids is 2. The number of ether oxygens (including phenoxy) is 2. The number of amides is 1. The van der Waals surface area contributed by atoms with E-state index in [1.807, 2.05) is 30.3 Å². The molecule has 0 aliphatic carbocycles. The lowest BCUT2D eigenvalue weighted by molar-refractivity contribution is 0.0600. The van der Waals surface area contributed by atoms with Gasteiger partial charge in [0.25, 0.3) is 5.91 Å². The zero-order chi connectivity index (χ0) is 18.0. The van der Waals surface area contributed by atoms with E-state index in [1.165, 1.54) is 20.2 Å². The van der Waals surface area contributed by atoms with Gasteiger partial charge in [0.2, 0.25) is 0 Å². The number of methoxy groups -OCH3 is 1. The third-order valence-electron chi connectivity index (χ3n) is 4.56. The molecule has 2 N–H and O–H groups in total. The van der Waals surface area contributed by atoms with Crippen molar-refractivity contribution in [3.05, 3.63) is 64.7 Å². The maximum Gasteiger partial charge on any atom is 0.337 e. The van der Waals surface area contributed by atoms with Gasteiger partial charge in [0.15, 0.2) is 0 Å². The third-order valence-corrected chi connectivity index (χ3v) is 4.56. The van der Waals surface area contributed by atoms with E-state index in [1.54, 1.807) is 6.07 Å². The smallest absolute Gasteiger partial charge is 0.337 e. The van der Waals surface area contributed by atoms with Crippen LogP contribution in [0.4, 0.5) is 0 Å². The Balaban J connectivity index is 2.27. The number of fused-ring (bicyclic) bond motifs is 1. The molecule has 0 spiro atoms. The number of benzene rings is 2. The average Bonchev–Trinajstić information content (AvgIpc) is 3.06. The maximum absolute atomic E-state index is 12.3. The summed E-state index contributed by atoms with van der Waals surface area (Å²) in [7, 11) is 2.78. The number of hydrogen-bond donors (Lipinski definition) is 2. The summed E-state index contributed by atoms with van der Waals surface area (Å²) in [5, 5.41) is 12.7. The van der Waals surface area contributed by atoms with Gasteiger partial charge in [-0.05, 0) is 17.7 Å². The van der Waals surface area contributed by atoms with Gasteiger partial charge in [-0.3, -0.25) is 4.79 Å². The molecule has 1 heterocycles. The minimum Gasteiger partial charge on any atom is -0.491 e. The second-order valence-corrected chi connectivity index (χ2v) is 5.87. The van der Waals surface area contributed by atoms with Crippen LogP contribution in [0.3, 0.4) is 0 Å². The highest BCUT2D eigenvalue weighted by molar-refractivity contribution is 6.01. The summed E-state index contributed by atoms with van der Waals surface area (Å²) < 4.78 is 10.6. The van der Waals surface area contributed by atoms with Crippen LogP contribution in [0.5, 0.6) is 5.75 Å². The molecule has 6 heteroatoms. The molecule has 3 rings (SSSR count). The third kappa shape index (κ3) is 2.64. The molecule has 0 bridgehead atoms. The lowest BCUT2D eigenvalue weighted by Gasteiger charge is -2.26. The van der Waals surface area contributed by atoms with Gasteiger partial charge >= 0.3 is 5.97 Å². The lowest BCUT2D eigenvalue weighted by atomic mass is 9.76. The van der Waals surface area contributed by atoms with Gasteiger partial charge in [0.1, 0.15) is 12.4 Å². The van der Waals surface area contributed by atoms with Crippen LogP contribution in [0.25, 0.3) is 0 Å². The minimum absolute atomic E-state index is 0.178. The maximum atomic E-state index is 12.3. The first-order valence-electron chi connectivity index (χ1n) is 7.85. The Labute approximate surface area is 145 Å². The van der Waals surface area contributed by atoms with Crippen molar-refractivity contribution < 1.29 is 24.2 Å². The topological polar surface area (TPSA) is 84.9 Å². The second kappa shape index (κ2) is 6.57. The fraction of sp³-hybridized carbons (Fsp3) is 0.263. The fourth-order valence-electron chi connectivity index (χ4n) is 3.17. The van der Waals surface area contributed by atoms with Crippen molar-refractivity contribution in [3.8, 4) is 5.75 Å². The molecule has 1 atom stereocenters. The predicted molar refractivity (Wildman–Crippen MR) is 91.0 cm³/mol. The first-order valence-corrected chi connectivity index (χ1v) is 7.85. The number of nitrogens with one attached hydrogen (secondary N) is 1. The molecule has 0 aromatic heterocycles. The average molecular weight is 341 g/mol. The molecule has 1 aliphatic heterocycles. The van der Waals surface area contributed by atoms with Gasteiger partial charge in [0, 0.05) is 12.6 Å². The van der Waals surface area contributed by atoms with E-state index in [2.05, 4.69) is 5.32 Å². The van der Waals surface area contributed by atoms with Crippen LogP contribution in [-0.4, -0.2) is 44.4 Å². The molecule has 0 unspecified atom stereocenters. The number of rotatable bonds is 4. The molecule has 6 nitrogen and oxygen atoms in total. The molecule has 1 amide bonds. The van der Waals surface area contributed by atoms with E-state index >= 15 is 0 Å². The van der Waals surface area contributed by atoms with E-state index in [0.29, 0.717) is 11.3 Å². The molecule has 25 heavy (non-hydrogen) atoms. The minimum atomic E-state index is -0.844. The van der Waals surface area contributed by atoms with Crippen LogP contribution in [0.2, 0.25) is 0 Å². The van der Waals surface area contributed by atoms with E-state index in [4.69, 9.17) is 9.47 Å². The van der Waals surface area contributed by atoms with Crippen molar-refractivity contribution in [2.24, 2.45) is 0 Å².